The Kier molecular flexibility index (Phi) is 8.20. The van der Waals surface area contributed by atoms with E-state index in [1.165, 1.54) is 18.5 Å². The number of piperazine rings is 1. The van der Waals surface area contributed by atoms with E-state index in [-0.39, 0.29) is 23.2 Å². The lowest BCUT2D eigenvalue weighted by Crippen LogP contribution is -2.44. The zero-order valence-corrected chi connectivity index (χ0v) is 24.7. The van der Waals surface area contributed by atoms with Gasteiger partial charge in [-0.3, -0.25) is 4.79 Å². The monoisotopic (exact) mass is 593 g/mol. The fraction of sp³-hybridized carbons (Fsp3) is 0.212. The van der Waals surface area contributed by atoms with Gasteiger partial charge in [-0.25, -0.2) is 9.37 Å². The van der Waals surface area contributed by atoms with Crippen LogP contribution in [0.4, 0.5) is 27.4 Å². The molecule has 1 saturated heterocycles. The smallest absolute Gasteiger partial charge is 0.262 e. The molecular weight excluding hydrogens is 561 g/mol. The molecule has 0 atom stereocenters. The second-order valence-corrected chi connectivity index (χ2v) is 10.7. The standard InChI is InChI=1S/C33H32FN7O3/c1-21-7-6-8-22(2)30(21)38-31(42)25-20-35-33(37-23-11-12-27(26(34)19-23)41-17-15-40(3)16-18-41)39-32(25)43-28-10-5-4-9-24(28)29-13-14-36-44-29/h4-14,19-20H,15-18H2,1-3H3,(H,38,42)(H,35,37,39). The van der Waals surface area contributed by atoms with Crippen molar-refractivity contribution in [2.75, 3.05) is 48.8 Å². The summed E-state index contributed by atoms with van der Waals surface area (Å²) in [5.41, 5.74) is 4.28. The number of aromatic nitrogens is 3. The van der Waals surface area contributed by atoms with Crippen LogP contribution in [0.25, 0.3) is 11.3 Å². The van der Waals surface area contributed by atoms with Crippen molar-refractivity contribution in [1.82, 2.24) is 20.0 Å². The number of likely N-dealkylation sites (N-methyl/N-ethyl adjacent to an activating group) is 1. The van der Waals surface area contributed by atoms with E-state index in [0.29, 0.717) is 34.1 Å². The third kappa shape index (κ3) is 6.23. The van der Waals surface area contributed by atoms with Crippen molar-refractivity contribution < 1.29 is 18.4 Å². The first kappa shape index (κ1) is 28.8. The minimum absolute atomic E-state index is 0.00716. The Bertz CT molecular complexity index is 1770. The molecule has 11 heteroatoms. The van der Waals surface area contributed by atoms with Crippen LogP contribution in [0.15, 0.2) is 83.6 Å². The number of ether oxygens (including phenoxy) is 1. The maximum atomic E-state index is 15.2. The number of rotatable bonds is 8. The number of nitrogens with zero attached hydrogens (tertiary/aromatic N) is 5. The van der Waals surface area contributed by atoms with Crippen molar-refractivity contribution in [1.29, 1.82) is 0 Å². The number of amides is 1. The number of carbonyl (C=O) groups excluding carboxylic acids is 1. The Morgan fingerprint density at radius 3 is 2.48 bits per heavy atom. The molecule has 0 unspecified atom stereocenters. The van der Waals surface area contributed by atoms with Crippen molar-refractivity contribution in [2.24, 2.45) is 0 Å². The number of halogens is 1. The molecule has 0 saturated carbocycles. The van der Waals surface area contributed by atoms with Crippen LogP contribution in [0, 0.1) is 19.7 Å². The first-order valence-corrected chi connectivity index (χ1v) is 14.3. The number of nitrogens with one attached hydrogen (secondary N) is 2. The highest BCUT2D eigenvalue weighted by Crippen LogP contribution is 2.35. The van der Waals surface area contributed by atoms with Crippen LogP contribution < -0.4 is 20.3 Å². The zero-order chi connectivity index (χ0) is 30.6. The molecule has 224 valence electrons. The van der Waals surface area contributed by atoms with Crippen LogP contribution in [0.1, 0.15) is 21.5 Å². The summed E-state index contributed by atoms with van der Waals surface area (Å²) in [7, 11) is 2.06. The molecule has 1 aliphatic heterocycles. The third-order valence-corrected chi connectivity index (χ3v) is 7.56. The Labute approximate surface area is 254 Å². The molecule has 1 fully saturated rings. The van der Waals surface area contributed by atoms with Gasteiger partial charge in [0.05, 0.1) is 17.4 Å². The maximum absolute atomic E-state index is 15.2. The summed E-state index contributed by atoms with van der Waals surface area (Å²) in [6, 6.07) is 19.6. The van der Waals surface area contributed by atoms with Gasteiger partial charge in [0, 0.05) is 49.8 Å². The van der Waals surface area contributed by atoms with E-state index in [0.717, 1.165) is 37.3 Å². The molecule has 1 aliphatic rings. The number of hydrogen-bond donors (Lipinski definition) is 2. The van der Waals surface area contributed by atoms with Gasteiger partial charge in [-0.15, -0.1) is 0 Å². The average Bonchev–Trinajstić information content (AvgIpc) is 3.55. The normalized spacial score (nSPS) is 13.5. The fourth-order valence-electron chi connectivity index (χ4n) is 5.09. The molecule has 5 aromatic rings. The van der Waals surface area contributed by atoms with Crippen molar-refractivity contribution in [3.8, 4) is 23.0 Å². The molecule has 0 spiro atoms. The summed E-state index contributed by atoms with van der Waals surface area (Å²) in [5.74, 6) is 0.244. The highest BCUT2D eigenvalue weighted by atomic mass is 19.1. The molecule has 0 aliphatic carbocycles. The minimum Gasteiger partial charge on any atom is -0.437 e. The average molecular weight is 594 g/mol. The van der Waals surface area contributed by atoms with E-state index >= 15 is 4.39 Å². The fourth-order valence-corrected chi connectivity index (χ4v) is 5.09. The van der Waals surface area contributed by atoms with Crippen molar-refractivity contribution >= 4 is 28.9 Å². The molecule has 44 heavy (non-hydrogen) atoms. The van der Waals surface area contributed by atoms with Crippen LogP contribution in [0.5, 0.6) is 11.6 Å². The van der Waals surface area contributed by atoms with Gasteiger partial charge >= 0.3 is 0 Å². The van der Waals surface area contributed by atoms with E-state index < -0.39 is 5.91 Å². The number of hydrogen-bond acceptors (Lipinski definition) is 9. The summed E-state index contributed by atoms with van der Waals surface area (Å²) in [6.45, 7) is 7.10. The Morgan fingerprint density at radius 2 is 1.75 bits per heavy atom. The van der Waals surface area contributed by atoms with Gasteiger partial charge in [-0.1, -0.05) is 35.5 Å². The Morgan fingerprint density at radius 1 is 0.977 bits per heavy atom. The van der Waals surface area contributed by atoms with E-state index in [1.54, 1.807) is 30.3 Å². The molecule has 2 aromatic heterocycles. The molecule has 6 rings (SSSR count). The molecule has 2 N–H and O–H groups in total. The van der Waals surface area contributed by atoms with Crippen LogP contribution >= 0.6 is 0 Å². The molecule has 3 heterocycles. The summed E-state index contributed by atoms with van der Waals surface area (Å²) >= 11 is 0. The molecular formula is C33H32FN7O3. The second-order valence-electron chi connectivity index (χ2n) is 10.7. The van der Waals surface area contributed by atoms with E-state index in [9.17, 15) is 4.79 Å². The van der Waals surface area contributed by atoms with Gasteiger partial charge in [0.25, 0.3) is 5.91 Å². The molecule has 1 amide bonds. The lowest BCUT2D eigenvalue weighted by Gasteiger charge is -2.34. The topological polar surface area (TPSA) is 109 Å². The second kappa shape index (κ2) is 12.5. The Hall–Kier alpha value is -5.29. The molecule has 3 aromatic carbocycles. The van der Waals surface area contributed by atoms with Crippen LogP contribution in [-0.4, -0.2) is 59.2 Å². The molecule has 0 radical (unpaired) electrons. The summed E-state index contributed by atoms with van der Waals surface area (Å²) in [5, 5.41) is 9.83. The Balaban J connectivity index is 1.32. The molecule has 0 bridgehead atoms. The number of carbonyl (C=O) groups is 1. The quantitative estimate of drug-likeness (QED) is 0.210. The van der Waals surface area contributed by atoms with Crippen LogP contribution in [-0.2, 0) is 0 Å². The maximum Gasteiger partial charge on any atom is 0.262 e. The third-order valence-electron chi connectivity index (χ3n) is 7.56. The van der Waals surface area contributed by atoms with E-state index in [2.05, 4.69) is 37.7 Å². The van der Waals surface area contributed by atoms with Gasteiger partial charge in [-0.2, -0.15) is 4.98 Å². The zero-order valence-electron chi connectivity index (χ0n) is 24.7. The lowest BCUT2D eigenvalue weighted by molar-refractivity contribution is 0.102. The van der Waals surface area contributed by atoms with Crippen molar-refractivity contribution in [3.63, 3.8) is 0 Å². The highest BCUT2D eigenvalue weighted by molar-refractivity contribution is 6.06. The van der Waals surface area contributed by atoms with Gasteiger partial charge in [0.2, 0.25) is 11.8 Å². The lowest BCUT2D eigenvalue weighted by atomic mass is 10.1. The summed E-state index contributed by atoms with van der Waals surface area (Å²) < 4.78 is 26.8. The minimum atomic E-state index is -0.441. The van der Waals surface area contributed by atoms with Gasteiger partial charge < -0.3 is 29.7 Å². The SMILES string of the molecule is Cc1cccc(C)c1NC(=O)c1cnc(Nc2ccc(N3CCN(C)CC3)c(F)c2)nc1Oc1ccccc1-c1ccno1. The predicted molar refractivity (Wildman–Crippen MR) is 167 cm³/mol. The first-order chi connectivity index (χ1) is 21.4. The van der Waals surface area contributed by atoms with Gasteiger partial charge in [0.15, 0.2) is 5.76 Å². The summed E-state index contributed by atoms with van der Waals surface area (Å²) in [4.78, 5) is 26.8. The number of aryl methyl sites for hydroxylation is 2. The van der Waals surface area contributed by atoms with Gasteiger partial charge in [-0.05, 0) is 62.4 Å². The summed E-state index contributed by atoms with van der Waals surface area (Å²) in [6.07, 6.45) is 2.93. The number of anilines is 4. The van der Waals surface area contributed by atoms with Crippen molar-refractivity contribution in [3.05, 3.63) is 102 Å². The number of benzene rings is 3. The van der Waals surface area contributed by atoms with E-state index in [4.69, 9.17) is 9.26 Å². The van der Waals surface area contributed by atoms with Crippen molar-refractivity contribution in [2.45, 2.75) is 13.8 Å². The van der Waals surface area contributed by atoms with Crippen LogP contribution in [0.3, 0.4) is 0 Å². The molecule has 10 nitrogen and oxygen atoms in total. The highest BCUT2D eigenvalue weighted by Gasteiger charge is 2.22. The predicted octanol–water partition coefficient (Wildman–Crippen LogP) is 6.43. The largest absolute Gasteiger partial charge is 0.437 e. The number of para-hydroxylation sites is 2. The van der Waals surface area contributed by atoms with Gasteiger partial charge in [0.1, 0.15) is 17.1 Å². The van der Waals surface area contributed by atoms with E-state index in [1.807, 2.05) is 49.1 Å². The first-order valence-electron chi connectivity index (χ1n) is 14.3. The van der Waals surface area contributed by atoms with Crippen LogP contribution in [0.2, 0.25) is 0 Å².